The smallest absolute Gasteiger partial charge is 0.406 e. The van der Waals surface area contributed by atoms with E-state index in [1.54, 1.807) is 31.1 Å². The molecule has 0 aliphatic rings. The van der Waals surface area contributed by atoms with Crippen molar-refractivity contribution in [3.05, 3.63) is 48.3 Å². The van der Waals surface area contributed by atoms with Crippen LogP contribution in [0.4, 0.5) is 23.2 Å². The number of hydrogen-bond donors (Lipinski definition) is 0. The molecule has 0 saturated heterocycles. The van der Waals surface area contributed by atoms with Gasteiger partial charge < -0.3 is 9.64 Å². The molecule has 0 fully saturated rings. The largest absolute Gasteiger partial charge is 0.573 e. The fraction of sp³-hybridized carbons (Fsp3) is 0.200. The van der Waals surface area contributed by atoms with Crippen molar-refractivity contribution in [1.82, 2.24) is 0 Å². The van der Waals surface area contributed by atoms with Crippen molar-refractivity contribution in [2.75, 3.05) is 19.0 Å². The molecule has 6 heteroatoms. The number of nitrogens with zero attached hydrogens (tertiary/aromatic N) is 1. The minimum Gasteiger partial charge on any atom is -0.406 e. The molecule has 112 valence electrons. The summed E-state index contributed by atoms with van der Waals surface area (Å²) in [7, 11) is 3.33. The third-order valence-corrected chi connectivity index (χ3v) is 2.81. The summed E-state index contributed by atoms with van der Waals surface area (Å²) in [4.78, 5) is 1.57. The van der Waals surface area contributed by atoms with Crippen molar-refractivity contribution >= 4 is 5.69 Å². The molecule has 21 heavy (non-hydrogen) atoms. The van der Waals surface area contributed by atoms with E-state index in [0.717, 1.165) is 0 Å². The van der Waals surface area contributed by atoms with E-state index in [-0.39, 0.29) is 5.75 Å². The highest BCUT2D eigenvalue weighted by Gasteiger charge is 2.31. The number of alkyl halides is 3. The zero-order valence-electron chi connectivity index (χ0n) is 11.4. The van der Waals surface area contributed by atoms with Gasteiger partial charge in [-0.2, -0.15) is 0 Å². The standard InChI is InChI=1S/C15H13F4NO/c1-20(2)14-12(7-4-8-13(14)16)10-5-3-6-11(9-10)21-15(17,18)19/h3-9H,1-2H3. The Kier molecular flexibility index (Phi) is 4.06. The van der Waals surface area contributed by atoms with Crippen molar-refractivity contribution < 1.29 is 22.3 Å². The fourth-order valence-electron chi connectivity index (χ4n) is 2.06. The first-order chi connectivity index (χ1) is 9.78. The highest BCUT2D eigenvalue weighted by Crippen LogP contribution is 2.34. The van der Waals surface area contributed by atoms with Crippen molar-refractivity contribution in [1.29, 1.82) is 0 Å². The second-order valence-corrected chi connectivity index (χ2v) is 4.61. The average molecular weight is 299 g/mol. The number of hydrogen-bond acceptors (Lipinski definition) is 2. The van der Waals surface area contributed by atoms with Gasteiger partial charge in [0.2, 0.25) is 0 Å². The Balaban J connectivity index is 2.48. The number of benzene rings is 2. The number of anilines is 1. The van der Waals surface area contributed by atoms with Crippen molar-refractivity contribution in [2.45, 2.75) is 6.36 Å². The van der Waals surface area contributed by atoms with Crippen LogP contribution in [0.5, 0.6) is 5.75 Å². The molecule has 0 bridgehead atoms. The Morgan fingerprint density at radius 1 is 1.00 bits per heavy atom. The molecular formula is C15H13F4NO. The molecule has 0 aromatic heterocycles. The summed E-state index contributed by atoms with van der Waals surface area (Å²) in [5.74, 6) is -0.784. The van der Waals surface area contributed by atoms with Crippen LogP contribution in [0.15, 0.2) is 42.5 Å². The lowest BCUT2D eigenvalue weighted by atomic mass is 10.0. The summed E-state index contributed by atoms with van der Waals surface area (Å²) in [6, 6.07) is 9.92. The second-order valence-electron chi connectivity index (χ2n) is 4.61. The van der Waals surface area contributed by atoms with E-state index in [0.29, 0.717) is 16.8 Å². The Labute approximate surface area is 119 Å². The van der Waals surface area contributed by atoms with Gasteiger partial charge in [-0.15, -0.1) is 13.2 Å². The van der Waals surface area contributed by atoms with Crippen LogP contribution in [0.2, 0.25) is 0 Å². The maximum atomic E-state index is 13.9. The quantitative estimate of drug-likeness (QED) is 0.776. The first-order valence-corrected chi connectivity index (χ1v) is 6.10. The van der Waals surface area contributed by atoms with Gasteiger partial charge in [-0.3, -0.25) is 0 Å². The molecular weight excluding hydrogens is 286 g/mol. The van der Waals surface area contributed by atoms with Crippen molar-refractivity contribution in [3.63, 3.8) is 0 Å². The van der Waals surface area contributed by atoms with E-state index in [2.05, 4.69) is 4.74 Å². The molecule has 0 atom stereocenters. The van der Waals surface area contributed by atoms with E-state index in [4.69, 9.17) is 0 Å². The first-order valence-electron chi connectivity index (χ1n) is 6.10. The van der Waals surface area contributed by atoms with E-state index in [1.807, 2.05) is 0 Å². The maximum Gasteiger partial charge on any atom is 0.573 e. The third kappa shape index (κ3) is 3.65. The molecule has 2 aromatic rings. The Bertz CT molecular complexity index is 638. The number of ether oxygens (including phenoxy) is 1. The predicted octanol–water partition coefficient (Wildman–Crippen LogP) is 4.46. The average Bonchev–Trinajstić information content (AvgIpc) is 2.36. The Morgan fingerprint density at radius 3 is 2.29 bits per heavy atom. The van der Waals surface area contributed by atoms with Gasteiger partial charge in [0.1, 0.15) is 11.6 Å². The van der Waals surface area contributed by atoms with Gasteiger partial charge >= 0.3 is 6.36 Å². The van der Waals surface area contributed by atoms with Gasteiger partial charge in [-0.1, -0.05) is 24.3 Å². The van der Waals surface area contributed by atoms with Crippen LogP contribution in [0.1, 0.15) is 0 Å². The van der Waals surface area contributed by atoms with Crippen molar-refractivity contribution in [2.24, 2.45) is 0 Å². The lowest BCUT2D eigenvalue weighted by molar-refractivity contribution is -0.274. The molecule has 0 saturated carbocycles. The summed E-state index contributed by atoms with van der Waals surface area (Å²) in [6.45, 7) is 0. The highest BCUT2D eigenvalue weighted by atomic mass is 19.4. The van der Waals surface area contributed by atoms with Crippen LogP contribution in [0.3, 0.4) is 0 Å². The summed E-state index contributed by atoms with van der Waals surface area (Å²) >= 11 is 0. The van der Waals surface area contributed by atoms with Gasteiger partial charge in [-0.25, -0.2) is 4.39 Å². The van der Waals surface area contributed by atoms with Crippen LogP contribution < -0.4 is 9.64 Å². The van der Waals surface area contributed by atoms with Crippen LogP contribution in [-0.4, -0.2) is 20.5 Å². The predicted molar refractivity (Wildman–Crippen MR) is 72.8 cm³/mol. The zero-order chi connectivity index (χ0) is 15.6. The van der Waals surface area contributed by atoms with Crippen molar-refractivity contribution in [3.8, 4) is 16.9 Å². The summed E-state index contributed by atoms with van der Waals surface area (Å²) in [5, 5.41) is 0. The van der Waals surface area contributed by atoms with E-state index < -0.39 is 12.2 Å². The lowest BCUT2D eigenvalue weighted by Crippen LogP contribution is -2.17. The SMILES string of the molecule is CN(C)c1c(F)cccc1-c1cccc(OC(F)(F)F)c1. The monoisotopic (exact) mass is 299 g/mol. The topological polar surface area (TPSA) is 12.5 Å². The maximum absolute atomic E-state index is 13.9. The molecule has 0 radical (unpaired) electrons. The van der Waals surface area contributed by atoms with E-state index >= 15 is 0 Å². The zero-order valence-corrected chi connectivity index (χ0v) is 11.4. The Morgan fingerprint density at radius 2 is 1.67 bits per heavy atom. The Hall–Kier alpha value is -2.24. The second kappa shape index (κ2) is 5.63. The molecule has 0 unspecified atom stereocenters. The molecule has 2 aromatic carbocycles. The van der Waals surface area contributed by atoms with Gasteiger partial charge in [-0.05, 0) is 23.8 Å². The molecule has 0 amide bonds. The lowest BCUT2D eigenvalue weighted by Gasteiger charge is -2.19. The summed E-state index contributed by atoms with van der Waals surface area (Å²) < 4.78 is 54.6. The van der Waals surface area contributed by atoms with Gasteiger partial charge in [0.05, 0.1) is 5.69 Å². The summed E-state index contributed by atoms with van der Waals surface area (Å²) in [5.41, 5.74) is 1.24. The number of halogens is 4. The molecule has 0 spiro atoms. The van der Waals surface area contributed by atoms with Gasteiger partial charge in [0.25, 0.3) is 0 Å². The number of para-hydroxylation sites is 1. The van der Waals surface area contributed by atoms with Gasteiger partial charge in [0.15, 0.2) is 0 Å². The first kappa shape index (κ1) is 15.2. The number of rotatable bonds is 3. The van der Waals surface area contributed by atoms with Crippen LogP contribution in [0, 0.1) is 5.82 Å². The van der Waals surface area contributed by atoms with Crippen LogP contribution in [-0.2, 0) is 0 Å². The fourth-order valence-corrected chi connectivity index (χ4v) is 2.06. The molecule has 2 rings (SSSR count). The van der Waals surface area contributed by atoms with Crippen LogP contribution in [0.25, 0.3) is 11.1 Å². The highest BCUT2D eigenvalue weighted by molar-refractivity contribution is 5.79. The van der Waals surface area contributed by atoms with E-state index in [9.17, 15) is 17.6 Å². The van der Waals surface area contributed by atoms with Gasteiger partial charge in [0, 0.05) is 19.7 Å². The molecule has 0 aliphatic heterocycles. The summed E-state index contributed by atoms with van der Waals surface area (Å²) in [6.07, 6.45) is -4.76. The third-order valence-electron chi connectivity index (χ3n) is 2.81. The minimum atomic E-state index is -4.76. The van der Waals surface area contributed by atoms with Crippen LogP contribution >= 0.6 is 0 Å². The molecule has 2 nitrogen and oxygen atoms in total. The molecule has 0 N–H and O–H groups in total. The molecule has 0 aliphatic carbocycles. The molecule has 0 heterocycles. The minimum absolute atomic E-state index is 0.307. The normalized spacial score (nSPS) is 11.3. The van der Waals surface area contributed by atoms with E-state index in [1.165, 1.54) is 30.3 Å².